The summed E-state index contributed by atoms with van der Waals surface area (Å²) in [6, 6.07) is 11.4. The molecule has 0 aliphatic carbocycles. The van der Waals surface area contributed by atoms with Crippen molar-refractivity contribution in [2.24, 2.45) is 5.92 Å². The van der Waals surface area contributed by atoms with Gasteiger partial charge in [0.1, 0.15) is 0 Å². The molecule has 0 aromatic heterocycles. The zero-order valence-electron chi connectivity index (χ0n) is 16.8. The van der Waals surface area contributed by atoms with Crippen LogP contribution in [0.25, 0.3) is 0 Å². The Bertz CT molecular complexity index is 1100. The lowest BCUT2D eigenvalue weighted by Crippen LogP contribution is -2.37. The van der Waals surface area contributed by atoms with Gasteiger partial charge in [0.05, 0.1) is 9.79 Å². The number of carbonyl (C=O) groups excluding carboxylic acids is 1. The molecule has 30 heavy (non-hydrogen) atoms. The summed E-state index contributed by atoms with van der Waals surface area (Å²) in [5, 5.41) is 2.57. The van der Waals surface area contributed by atoms with Gasteiger partial charge in [-0.25, -0.2) is 16.8 Å². The van der Waals surface area contributed by atoms with E-state index in [-0.39, 0.29) is 21.4 Å². The maximum Gasteiger partial charge on any atom is 0.261 e. The van der Waals surface area contributed by atoms with Crippen molar-refractivity contribution in [3.63, 3.8) is 0 Å². The number of hydrogen-bond acceptors (Lipinski definition) is 5. The third kappa shape index (κ3) is 5.18. The molecular weight excluding hydrogens is 426 g/mol. The predicted molar refractivity (Wildman–Crippen MR) is 115 cm³/mol. The monoisotopic (exact) mass is 451 g/mol. The molecule has 1 amide bonds. The molecular formula is C20H25N3O5S2. The average molecular weight is 452 g/mol. The summed E-state index contributed by atoms with van der Waals surface area (Å²) in [6.07, 6.45) is 1.66. The molecule has 0 spiro atoms. The molecule has 0 atom stereocenters. The Kier molecular flexibility index (Phi) is 6.49. The highest BCUT2D eigenvalue weighted by Gasteiger charge is 2.28. The molecule has 10 heteroatoms. The second-order valence-corrected chi connectivity index (χ2v) is 11.0. The summed E-state index contributed by atoms with van der Waals surface area (Å²) in [4.78, 5) is 11.2. The molecule has 1 aliphatic heterocycles. The van der Waals surface area contributed by atoms with Crippen molar-refractivity contribution in [2.75, 3.05) is 23.1 Å². The van der Waals surface area contributed by atoms with Crippen molar-refractivity contribution in [3.05, 3.63) is 48.5 Å². The molecule has 162 valence electrons. The molecule has 0 radical (unpaired) electrons. The molecule has 0 bridgehead atoms. The number of carbonyl (C=O) groups is 1. The van der Waals surface area contributed by atoms with E-state index in [1.807, 2.05) is 0 Å². The van der Waals surface area contributed by atoms with Gasteiger partial charge in [-0.3, -0.25) is 9.52 Å². The highest BCUT2D eigenvalue weighted by atomic mass is 32.2. The van der Waals surface area contributed by atoms with Crippen LogP contribution in [0.1, 0.15) is 26.7 Å². The number of benzene rings is 2. The zero-order chi connectivity index (χ0) is 21.9. The van der Waals surface area contributed by atoms with Crippen LogP contribution < -0.4 is 10.0 Å². The van der Waals surface area contributed by atoms with Crippen LogP contribution in [-0.2, 0) is 24.8 Å². The molecule has 2 N–H and O–H groups in total. The number of nitrogens with zero attached hydrogens (tertiary/aromatic N) is 1. The molecule has 0 unspecified atom stereocenters. The zero-order valence-corrected chi connectivity index (χ0v) is 18.5. The predicted octanol–water partition coefficient (Wildman–Crippen LogP) is 2.87. The van der Waals surface area contributed by atoms with Gasteiger partial charge in [0.25, 0.3) is 10.0 Å². The maximum absolute atomic E-state index is 12.8. The van der Waals surface area contributed by atoms with Crippen molar-refractivity contribution >= 4 is 37.3 Å². The minimum atomic E-state index is -3.86. The average Bonchev–Trinajstić information content (AvgIpc) is 2.68. The number of hydrogen-bond donors (Lipinski definition) is 2. The molecule has 8 nitrogen and oxygen atoms in total. The molecule has 1 fully saturated rings. The molecule has 1 saturated heterocycles. The van der Waals surface area contributed by atoms with Crippen LogP contribution in [0.3, 0.4) is 0 Å². The van der Waals surface area contributed by atoms with Crippen LogP contribution in [0.5, 0.6) is 0 Å². The first kappa shape index (κ1) is 22.3. The van der Waals surface area contributed by atoms with Crippen LogP contribution in [0.2, 0.25) is 0 Å². The van der Waals surface area contributed by atoms with Gasteiger partial charge < -0.3 is 5.32 Å². The van der Waals surface area contributed by atoms with E-state index in [9.17, 15) is 21.6 Å². The van der Waals surface area contributed by atoms with Crippen molar-refractivity contribution < 1.29 is 21.6 Å². The largest absolute Gasteiger partial charge is 0.326 e. The lowest BCUT2D eigenvalue weighted by molar-refractivity contribution is -0.114. The lowest BCUT2D eigenvalue weighted by atomic mass is 10.0. The van der Waals surface area contributed by atoms with Crippen LogP contribution in [-0.4, -0.2) is 40.1 Å². The second kappa shape index (κ2) is 8.75. The third-order valence-corrected chi connectivity index (χ3v) is 8.28. The topological polar surface area (TPSA) is 113 Å². The summed E-state index contributed by atoms with van der Waals surface area (Å²) < 4.78 is 54.6. The van der Waals surface area contributed by atoms with Crippen molar-refractivity contribution in [1.82, 2.24) is 4.31 Å². The Labute approximate surface area is 177 Å². The second-order valence-electron chi connectivity index (χ2n) is 7.42. The van der Waals surface area contributed by atoms with Crippen LogP contribution in [0.4, 0.5) is 11.4 Å². The minimum Gasteiger partial charge on any atom is -0.326 e. The fourth-order valence-electron chi connectivity index (χ4n) is 3.20. The van der Waals surface area contributed by atoms with Gasteiger partial charge in [-0.1, -0.05) is 6.92 Å². The third-order valence-electron chi connectivity index (χ3n) is 4.97. The van der Waals surface area contributed by atoms with E-state index in [0.29, 0.717) is 24.7 Å². The molecule has 2 aromatic carbocycles. The number of sulfonamides is 2. The number of rotatable bonds is 6. The van der Waals surface area contributed by atoms with Crippen molar-refractivity contribution in [2.45, 2.75) is 36.5 Å². The summed E-state index contributed by atoms with van der Waals surface area (Å²) in [6.45, 7) is 4.46. The lowest BCUT2D eigenvalue weighted by Gasteiger charge is -2.29. The summed E-state index contributed by atoms with van der Waals surface area (Å²) >= 11 is 0. The van der Waals surface area contributed by atoms with Gasteiger partial charge in [-0.2, -0.15) is 4.31 Å². The van der Waals surface area contributed by atoms with Gasteiger partial charge >= 0.3 is 0 Å². The summed E-state index contributed by atoms with van der Waals surface area (Å²) in [5.74, 6) is 0.262. The standard InChI is InChI=1S/C20H25N3O5S2/c1-15-11-13-23(14-12-15)30(27,28)20-9-5-18(6-10-20)22-29(25,26)19-7-3-17(4-8-19)21-16(2)24/h3-10,15,22H,11-14H2,1-2H3,(H,21,24). The first-order valence-corrected chi connectivity index (χ1v) is 12.5. The summed E-state index contributed by atoms with van der Waals surface area (Å²) in [5.41, 5.74) is 0.746. The number of amides is 1. The van der Waals surface area contributed by atoms with E-state index in [1.165, 1.54) is 59.8 Å². The SMILES string of the molecule is CC(=O)Nc1ccc(S(=O)(=O)Nc2ccc(S(=O)(=O)N3CCC(C)CC3)cc2)cc1. The van der Waals surface area contributed by atoms with E-state index in [0.717, 1.165) is 12.8 Å². The number of anilines is 2. The Morgan fingerprint density at radius 3 is 1.90 bits per heavy atom. The first-order valence-electron chi connectivity index (χ1n) is 9.58. The highest BCUT2D eigenvalue weighted by molar-refractivity contribution is 7.92. The molecule has 1 aliphatic rings. The molecule has 0 saturated carbocycles. The molecule has 3 rings (SSSR count). The maximum atomic E-state index is 12.8. The van der Waals surface area contributed by atoms with Gasteiger partial charge in [-0.15, -0.1) is 0 Å². The van der Waals surface area contributed by atoms with E-state index in [1.54, 1.807) is 0 Å². The van der Waals surface area contributed by atoms with Crippen LogP contribution >= 0.6 is 0 Å². The normalized spacial score (nSPS) is 16.2. The smallest absolute Gasteiger partial charge is 0.261 e. The van der Waals surface area contributed by atoms with Crippen LogP contribution in [0, 0.1) is 5.92 Å². The minimum absolute atomic E-state index is 0.0238. The Balaban J connectivity index is 1.72. The van der Waals surface area contributed by atoms with E-state index in [2.05, 4.69) is 17.0 Å². The van der Waals surface area contributed by atoms with Gasteiger partial charge in [0.15, 0.2) is 0 Å². The van der Waals surface area contributed by atoms with Gasteiger partial charge in [-0.05, 0) is 67.3 Å². The fourth-order valence-corrected chi connectivity index (χ4v) is 5.73. The molecule has 1 heterocycles. The quantitative estimate of drug-likeness (QED) is 0.701. The molecule has 2 aromatic rings. The fraction of sp³-hybridized carbons (Fsp3) is 0.350. The number of piperidine rings is 1. The Morgan fingerprint density at radius 2 is 1.37 bits per heavy atom. The highest BCUT2D eigenvalue weighted by Crippen LogP contribution is 2.25. The Hall–Kier alpha value is -2.43. The van der Waals surface area contributed by atoms with E-state index in [4.69, 9.17) is 0 Å². The Morgan fingerprint density at radius 1 is 0.867 bits per heavy atom. The van der Waals surface area contributed by atoms with Crippen LogP contribution in [0.15, 0.2) is 58.3 Å². The van der Waals surface area contributed by atoms with E-state index >= 15 is 0 Å². The van der Waals surface area contributed by atoms with Gasteiger partial charge in [0.2, 0.25) is 15.9 Å². The van der Waals surface area contributed by atoms with Crippen molar-refractivity contribution in [1.29, 1.82) is 0 Å². The van der Waals surface area contributed by atoms with Gasteiger partial charge in [0, 0.05) is 31.4 Å². The first-order chi connectivity index (χ1) is 14.1. The van der Waals surface area contributed by atoms with E-state index < -0.39 is 20.0 Å². The van der Waals surface area contributed by atoms with Crippen molar-refractivity contribution in [3.8, 4) is 0 Å². The summed E-state index contributed by atoms with van der Waals surface area (Å²) in [7, 11) is -7.45. The number of nitrogens with one attached hydrogen (secondary N) is 2.